The number of methoxy groups -OCH3 is 1. The second-order valence-electron chi connectivity index (χ2n) is 8.32. The second kappa shape index (κ2) is 8.82. The number of nitro groups is 1. The minimum absolute atomic E-state index is 0.0321. The van der Waals surface area contributed by atoms with Crippen molar-refractivity contribution in [2.75, 3.05) is 7.11 Å². The van der Waals surface area contributed by atoms with Gasteiger partial charge in [0.15, 0.2) is 5.11 Å². The Labute approximate surface area is 196 Å². The van der Waals surface area contributed by atoms with Crippen LogP contribution in [0.15, 0.2) is 59.1 Å². The Morgan fingerprint density at radius 2 is 2.03 bits per heavy atom. The van der Waals surface area contributed by atoms with Gasteiger partial charge in [0.1, 0.15) is 23.3 Å². The normalized spacial score (nSPS) is 20.8. The molecule has 5 rings (SSSR count). The predicted molar refractivity (Wildman–Crippen MR) is 127 cm³/mol. The van der Waals surface area contributed by atoms with Crippen LogP contribution in [0, 0.1) is 10.1 Å². The summed E-state index contributed by atoms with van der Waals surface area (Å²) in [6.07, 6.45) is 6.35. The number of nitrogens with one attached hydrogen (secondary N) is 1. The fourth-order valence-corrected chi connectivity index (χ4v) is 5.29. The zero-order valence-electron chi connectivity index (χ0n) is 18.1. The molecule has 0 radical (unpaired) electrons. The number of pyridine rings is 1. The van der Waals surface area contributed by atoms with Crippen molar-refractivity contribution in [3.8, 4) is 17.1 Å². The van der Waals surface area contributed by atoms with E-state index in [2.05, 4.69) is 15.2 Å². The van der Waals surface area contributed by atoms with Crippen LogP contribution in [-0.4, -0.2) is 33.1 Å². The predicted octanol–water partition coefficient (Wildman–Crippen LogP) is 5.17. The molecule has 1 aliphatic heterocycles. The molecule has 2 aliphatic rings. The fraction of sp³-hybridized carbons (Fsp3) is 0.333. The summed E-state index contributed by atoms with van der Waals surface area (Å²) >= 11 is 5.77. The van der Waals surface area contributed by atoms with Gasteiger partial charge in [0.25, 0.3) is 5.69 Å². The summed E-state index contributed by atoms with van der Waals surface area (Å²) in [4.78, 5) is 17.6. The largest absolute Gasteiger partial charge is 0.496 e. The summed E-state index contributed by atoms with van der Waals surface area (Å²) in [5.74, 6) is 1.74. The van der Waals surface area contributed by atoms with Crippen molar-refractivity contribution in [1.29, 1.82) is 0 Å². The van der Waals surface area contributed by atoms with Crippen LogP contribution >= 0.6 is 12.2 Å². The zero-order valence-corrected chi connectivity index (χ0v) is 19.0. The molecule has 1 N–H and O–H groups in total. The van der Waals surface area contributed by atoms with Gasteiger partial charge in [-0.1, -0.05) is 18.9 Å². The maximum atomic E-state index is 11.2. The number of nitrogens with zero attached hydrogens (tertiary/aromatic N) is 3. The van der Waals surface area contributed by atoms with E-state index in [0.29, 0.717) is 28.2 Å². The highest BCUT2D eigenvalue weighted by atomic mass is 32.1. The molecule has 2 aromatic heterocycles. The molecular formula is C24H24N4O4S. The molecule has 1 saturated heterocycles. The minimum atomic E-state index is -0.443. The lowest BCUT2D eigenvalue weighted by atomic mass is 10.0. The summed E-state index contributed by atoms with van der Waals surface area (Å²) in [5, 5.41) is 15.3. The van der Waals surface area contributed by atoms with E-state index in [-0.39, 0.29) is 17.8 Å². The molecular weight excluding hydrogens is 440 g/mol. The lowest BCUT2D eigenvalue weighted by molar-refractivity contribution is -0.384. The van der Waals surface area contributed by atoms with Gasteiger partial charge in [0, 0.05) is 18.3 Å². The number of benzene rings is 1. The first kappa shape index (κ1) is 21.4. The monoisotopic (exact) mass is 464 g/mol. The van der Waals surface area contributed by atoms with Gasteiger partial charge in [0.05, 0.1) is 35.4 Å². The molecule has 170 valence electrons. The minimum Gasteiger partial charge on any atom is -0.496 e. The van der Waals surface area contributed by atoms with Crippen LogP contribution < -0.4 is 10.1 Å². The molecule has 3 heterocycles. The number of hydrogen-bond donors (Lipinski definition) is 1. The first-order valence-corrected chi connectivity index (χ1v) is 11.4. The first-order valence-electron chi connectivity index (χ1n) is 11.0. The van der Waals surface area contributed by atoms with Crippen LogP contribution in [0.3, 0.4) is 0 Å². The molecule has 1 aliphatic carbocycles. The zero-order chi connectivity index (χ0) is 22.9. The van der Waals surface area contributed by atoms with Crippen LogP contribution in [0.25, 0.3) is 11.3 Å². The second-order valence-corrected chi connectivity index (χ2v) is 8.70. The average Bonchev–Trinajstić information content (AvgIpc) is 3.58. The number of non-ortho nitro benzene ring substituents is 1. The molecule has 0 spiro atoms. The molecule has 8 nitrogen and oxygen atoms in total. The van der Waals surface area contributed by atoms with Crippen molar-refractivity contribution >= 4 is 23.0 Å². The summed E-state index contributed by atoms with van der Waals surface area (Å²) < 4.78 is 11.8. The molecule has 0 unspecified atom stereocenters. The van der Waals surface area contributed by atoms with E-state index < -0.39 is 4.92 Å². The first-order chi connectivity index (χ1) is 16.1. The number of nitro benzene ring substituents is 1. The Kier molecular flexibility index (Phi) is 5.72. The van der Waals surface area contributed by atoms with E-state index in [1.54, 1.807) is 12.3 Å². The van der Waals surface area contributed by atoms with E-state index in [9.17, 15) is 10.1 Å². The van der Waals surface area contributed by atoms with Gasteiger partial charge in [-0.05, 0) is 55.4 Å². The lowest BCUT2D eigenvalue weighted by Crippen LogP contribution is -2.37. The van der Waals surface area contributed by atoms with Crippen LogP contribution in [0.4, 0.5) is 5.69 Å². The van der Waals surface area contributed by atoms with Gasteiger partial charge in [-0.3, -0.25) is 15.1 Å². The molecule has 3 aromatic rings. The van der Waals surface area contributed by atoms with Crippen molar-refractivity contribution in [2.45, 2.75) is 43.8 Å². The Bertz CT molecular complexity index is 1180. The molecule has 9 heteroatoms. The summed E-state index contributed by atoms with van der Waals surface area (Å²) in [7, 11) is 1.49. The maximum absolute atomic E-state index is 11.2. The van der Waals surface area contributed by atoms with E-state index in [0.717, 1.165) is 24.3 Å². The Balaban J connectivity index is 1.55. The Morgan fingerprint density at radius 1 is 1.21 bits per heavy atom. The number of rotatable bonds is 6. The van der Waals surface area contributed by atoms with E-state index in [1.807, 2.05) is 30.3 Å². The van der Waals surface area contributed by atoms with Crippen molar-refractivity contribution < 1.29 is 14.1 Å². The highest BCUT2D eigenvalue weighted by molar-refractivity contribution is 7.80. The van der Waals surface area contributed by atoms with Crippen LogP contribution in [0.1, 0.15) is 49.2 Å². The van der Waals surface area contributed by atoms with E-state index >= 15 is 0 Å². The molecule has 0 amide bonds. The third-order valence-corrected chi connectivity index (χ3v) is 6.76. The molecule has 0 bridgehead atoms. The maximum Gasteiger partial charge on any atom is 0.273 e. The smallest absolute Gasteiger partial charge is 0.273 e. The SMILES string of the molecule is COc1cc([N+](=O)[O-])ccc1-c1ccc([C@@H]2[C@H](c3ccccn3)NC(=S)N2C2CCCC2)o1. The van der Waals surface area contributed by atoms with Crippen molar-refractivity contribution in [3.05, 3.63) is 76.3 Å². The van der Waals surface area contributed by atoms with Crippen LogP contribution in [0.5, 0.6) is 5.75 Å². The van der Waals surface area contributed by atoms with Gasteiger partial charge >= 0.3 is 0 Å². The molecule has 1 aromatic carbocycles. The van der Waals surface area contributed by atoms with Gasteiger partial charge in [-0.25, -0.2) is 0 Å². The fourth-order valence-electron chi connectivity index (χ4n) is 4.90. The highest BCUT2D eigenvalue weighted by Gasteiger charge is 2.45. The van der Waals surface area contributed by atoms with Crippen LogP contribution in [-0.2, 0) is 0 Å². The summed E-state index contributed by atoms with van der Waals surface area (Å²) in [6, 6.07) is 14.3. The Morgan fingerprint density at radius 3 is 2.73 bits per heavy atom. The third kappa shape index (κ3) is 3.93. The molecule has 2 fully saturated rings. The van der Waals surface area contributed by atoms with Crippen molar-refractivity contribution in [1.82, 2.24) is 15.2 Å². The average molecular weight is 465 g/mol. The van der Waals surface area contributed by atoms with Gasteiger partial charge in [-0.15, -0.1) is 0 Å². The molecule has 2 atom stereocenters. The topological polar surface area (TPSA) is 93.7 Å². The number of furan rings is 1. The lowest BCUT2D eigenvalue weighted by Gasteiger charge is -2.31. The summed E-state index contributed by atoms with van der Waals surface area (Å²) in [5.41, 5.74) is 1.52. The number of ether oxygens (including phenoxy) is 1. The van der Waals surface area contributed by atoms with Gasteiger partial charge < -0.3 is 19.4 Å². The van der Waals surface area contributed by atoms with Gasteiger partial charge in [-0.2, -0.15) is 0 Å². The van der Waals surface area contributed by atoms with E-state index in [1.165, 1.54) is 32.1 Å². The van der Waals surface area contributed by atoms with Crippen molar-refractivity contribution in [2.24, 2.45) is 0 Å². The van der Waals surface area contributed by atoms with E-state index in [4.69, 9.17) is 21.4 Å². The van der Waals surface area contributed by atoms with Crippen molar-refractivity contribution in [3.63, 3.8) is 0 Å². The standard InChI is InChI=1S/C24H24N4O4S/c1-31-21-14-16(28(29)30)9-10-17(21)19-11-12-20(32-19)23-22(18-8-4-5-13-25-18)26-24(33)27(23)15-6-2-3-7-15/h4-5,8-15,22-23H,2-3,6-7H2,1H3,(H,26,33)/t22-,23+/m0/s1. The molecule has 33 heavy (non-hydrogen) atoms. The van der Waals surface area contributed by atoms with Crippen LogP contribution in [0.2, 0.25) is 0 Å². The number of aromatic nitrogens is 1. The molecule has 1 saturated carbocycles. The van der Waals surface area contributed by atoms with Gasteiger partial charge in [0.2, 0.25) is 0 Å². The number of thiocarbonyl (C=S) groups is 1. The third-order valence-electron chi connectivity index (χ3n) is 6.43. The Hall–Kier alpha value is -3.46. The highest BCUT2D eigenvalue weighted by Crippen LogP contribution is 2.44. The quantitative estimate of drug-likeness (QED) is 0.303. The summed E-state index contributed by atoms with van der Waals surface area (Å²) in [6.45, 7) is 0. The number of hydrogen-bond acceptors (Lipinski definition) is 6.